The Morgan fingerprint density at radius 2 is 2.40 bits per heavy atom. The predicted molar refractivity (Wildman–Crippen MR) is 91.0 cm³/mol. The average Bonchev–Trinajstić information content (AvgIpc) is 3.34. The van der Waals surface area contributed by atoms with Gasteiger partial charge < -0.3 is 19.7 Å². The molecule has 2 aliphatic rings. The highest BCUT2D eigenvalue weighted by atomic mass is 32.1. The van der Waals surface area contributed by atoms with Crippen molar-refractivity contribution in [3.8, 4) is 10.8 Å². The number of fused-ring (bicyclic) bond motifs is 1. The number of hydrogen-bond donors (Lipinski definition) is 2. The van der Waals surface area contributed by atoms with Gasteiger partial charge in [0.25, 0.3) is 0 Å². The SMILES string of the molecule is O=C(NCc1coc(-c2cccs2)n1)N1C[C@@H]2CCC[C@@]2(C(=O)O)C1. The smallest absolute Gasteiger partial charge is 0.317 e. The number of nitrogens with zero attached hydrogens (tertiary/aromatic N) is 2. The van der Waals surface area contributed by atoms with Gasteiger partial charge in [-0.3, -0.25) is 4.79 Å². The maximum Gasteiger partial charge on any atom is 0.317 e. The van der Waals surface area contributed by atoms with Gasteiger partial charge in [0.15, 0.2) is 0 Å². The number of thiophene rings is 1. The summed E-state index contributed by atoms with van der Waals surface area (Å²) in [5, 5.41) is 14.4. The van der Waals surface area contributed by atoms with Crippen LogP contribution in [0, 0.1) is 11.3 Å². The Labute approximate surface area is 148 Å². The van der Waals surface area contributed by atoms with Crippen LogP contribution in [0.25, 0.3) is 10.8 Å². The van der Waals surface area contributed by atoms with Gasteiger partial charge in [-0.05, 0) is 30.2 Å². The van der Waals surface area contributed by atoms with E-state index in [1.54, 1.807) is 4.90 Å². The first kappa shape index (κ1) is 16.1. The summed E-state index contributed by atoms with van der Waals surface area (Å²) in [5.74, 6) is -0.171. The molecule has 7 nitrogen and oxygen atoms in total. The van der Waals surface area contributed by atoms with Gasteiger partial charge in [0.1, 0.15) is 6.26 Å². The standard InChI is InChI=1S/C17H19N3O4S/c21-15(22)17-5-1-3-11(17)8-20(10-17)16(23)18-7-12-9-24-14(19-12)13-4-2-6-25-13/h2,4,6,9,11H,1,3,5,7-8,10H2,(H,18,23)(H,21,22)/t11-,17+/m0/s1. The number of aromatic nitrogens is 1. The van der Waals surface area contributed by atoms with E-state index in [0.29, 0.717) is 24.6 Å². The lowest BCUT2D eigenvalue weighted by atomic mass is 9.81. The summed E-state index contributed by atoms with van der Waals surface area (Å²) in [6.07, 6.45) is 4.00. The number of nitrogens with one attached hydrogen (secondary N) is 1. The van der Waals surface area contributed by atoms with Crippen LogP contribution in [0.15, 0.2) is 28.2 Å². The molecule has 2 fully saturated rings. The molecule has 132 valence electrons. The Morgan fingerprint density at radius 1 is 1.52 bits per heavy atom. The first-order valence-corrected chi connectivity index (χ1v) is 9.21. The summed E-state index contributed by atoms with van der Waals surface area (Å²) in [7, 11) is 0. The highest BCUT2D eigenvalue weighted by Crippen LogP contribution is 2.48. The van der Waals surface area contributed by atoms with E-state index in [2.05, 4.69) is 10.3 Å². The topological polar surface area (TPSA) is 95.7 Å². The Kier molecular flexibility index (Phi) is 3.99. The highest BCUT2D eigenvalue weighted by Gasteiger charge is 2.55. The zero-order chi connectivity index (χ0) is 17.4. The van der Waals surface area contributed by atoms with E-state index in [1.807, 2.05) is 17.5 Å². The number of oxazole rings is 1. The van der Waals surface area contributed by atoms with Gasteiger partial charge in [-0.25, -0.2) is 9.78 Å². The van der Waals surface area contributed by atoms with E-state index >= 15 is 0 Å². The monoisotopic (exact) mass is 361 g/mol. The van der Waals surface area contributed by atoms with Crippen molar-refractivity contribution in [1.82, 2.24) is 15.2 Å². The fraction of sp³-hybridized carbons (Fsp3) is 0.471. The normalized spacial score (nSPS) is 25.1. The minimum absolute atomic E-state index is 0.0632. The number of carbonyl (C=O) groups is 2. The molecule has 2 amide bonds. The van der Waals surface area contributed by atoms with Gasteiger partial charge in [0.2, 0.25) is 5.89 Å². The lowest BCUT2D eigenvalue weighted by Gasteiger charge is -2.23. The van der Waals surface area contributed by atoms with E-state index in [0.717, 1.165) is 17.7 Å². The average molecular weight is 361 g/mol. The fourth-order valence-electron chi connectivity index (χ4n) is 3.97. The number of urea groups is 1. The zero-order valence-corrected chi connectivity index (χ0v) is 14.4. The molecule has 0 spiro atoms. The number of rotatable bonds is 4. The second kappa shape index (κ2) is 6.18. The minimum atomic E-state index is -0.776. The first-order valence-electron chi connectivity index (χ1n) is 8.33. The number of carboxylic acid groups (broad SMARTS) is 1. The molecular formula is C17H19N3O4S. The van der Waals surface area contributed by atoms with Crippen molar-refractivity contribution < 1.29 is 19.1 Å². The number of hydrogen-bond acceptors (Lipinski definition) is 5. The fourth-order valence-corrected chi connectivity index (χ4v) is 4.63. The molecule has 2 atom stereocenters. The van der Waals surface area contributed by atoms with Crippen LogP contribution in [-0.4, -0.2) is 40.1 Å². The third-order valence-corrected chi connectivity index (χ3v) is 6.15. The van der Waals surface area contributed by atoms with Crippen LogP contribution in [0.1, 0.15) is 25.0 Å². The quantitative estimate of drug-likeness (QED) is 0.873. The molecule has 2 aromatic rings. The van der Waals surface area contributed by atoms with Gasteiger partial charge in [0, 0.05) is 13.1 Å². The van der Waals surface area contributed by atoms with Crippen molar-refractivity contribution in [2.75, 3.05) is 13.1 Å². The van der Waals surface area contributed by atoms with Crippen LogP contribution in [0.2, 0.25) is 0 Å². The van der Waals surface area contributed by atoms with Crippen LogP contribution in [0.3, 0.4) is 0 Å². The molecule has 3 heterocycles. The summed E-state index contributed by atoms with van der Waals surface area (Å²) >= 11 is 1.54. The Bertz CT molecular complexity index is 788. The molecule has 1 saturated heterocycles. The van der Waals surface area contributed by atoms with Gasteiger partial charge in [0.05, 0.1) is 22.5 Å². The van der Waals surface area contributed by atoms with E-state index in [1.165, 1.54) is 17.6 Å². The van der Waals surface area contributed by atoms with Crippen molar-refractivity contribution in [3.05, 3.63) is 29.5 Å². The maximum absolute atomic E-state index is 12.4. The number of carbonyl (C=O) groups excluding carboxylic acids is 1. The number of amides is 2. The van der Waals surface area contributed by atoms with Gasteiger partial charge in [-0.2, -0.15) is 0 Å². The summed E-state index contributed by atoms with van der Waals surface area (Å²) in [6.45, 7) is 1.06. The molecule has 1 saturated carbocycles. The molecule has 0 bridgehead atoms. The van der Waals surface area contributed by atoms with Crippen LogP contribution in [0.5, 0.6) is 0 Å². The van der Waals surface area contributed by atoms with Crippen LogP contribution >= 0.6 is 11.3 Å². The molecule has 2 N–H and O–H groups in total. The Hall–Kier alpha value is -2.35. The summed E-state index contributed by atoms with van der Waals surface area (Å²) in [4.78, 5) is 31.0. The van der Waals surface area contributed by atoms with Crippen LogP contribution in [0.4, 0.5) is 4.79 Å². The van der Waals surface area contributed by atoms with Crippen molar-refractivity contribution in [1.29, 1.82) is 0 Å². The molecule has 0 unspecified atom stereocenters. The van der Waals surface area contributed by atoms with Crippen LogP contribution < -0.4 is 5.32 Å². The van der Waals surface area contributed by atoms with Crippen molar-refractivity contribution in [2.45, 2.75) is 25.8 Å². The van der Waals surface area contributed by atoms with E-state index in [-0.39, 0.29) is 25.0 Å². The Morgan fingerprint density at radius 3 is 3.12 bits per heavy atom. The number of likely N-dealkylation sites (tertiary alicyclic amines) is 1. The minimum Gasteiger partial charge on any atom is -0.481 e. The van der Waals surface area contributed by atoms with E-state index in [9.17, 15) is 14.7 Å². The molecule has 0 radical (unpaired) electrons. The molecular weight excluding hydrogens is 342 g/mol. The summed E-state index contributed by atoms with van der Waals surface area (Å²) in [5.41, 5.74) is -0.110. The third-order valence-electron chi connectivity index (χ3n) is 5.29. The molecule has 4 rings (SSSR count). The van der Waals surface area contributed by atoms with E-state index in [4.69, 9.17) is 4.42 Å². The lowest BCUT2D eigenvalue weighted by molar-refractivity contribution is -0.149. The number of aliphatic carboxylic acids is 1. The van der Waals surface area contributed by atoms with Gasteiger partial charge in [-0.15, -0.1) is 11.3 Å². The molecule has 25 heavy (non-hydrogen) atoms. The van der Waals surface area contributed by atoms with Crippen LogP contribution in [-0.2, 0) is 11.3 Å². The largest absolute Gasteiger partial charge is 0.481 e. The summed E-state index contributed by atoms with van der Waals surface area (Å²) in [6, 6.07) is 3.61. The van der Waals surface area contributed by atoms with Crippen molar-refractivity contribution >= 4 is 23.3 Å². The second-order valence-corrected chi connectivity index (χ2v) is 7.66. The van der Waals surface area contributed by atoms with E-state index < -0.39 is 11.4 Å². The molecule has 8 heteroatoms. The first-order chi connectivity index (χ1) is 12.1. The van der Waals surface area contributed by atoms with Gasteiger partial charge in [-0.1, -0.05) is 12.5 Å². The van der Waals surface area contributed by atoms with Crippen molar-refractivity contribution in [3.63, 3.8) is 0 Å². The summed E-state index contributed by atoms with van der Waals surface area (Å²) < 4.78 is 5.43. The number of carboxylic acids is 1. The molecule has 1 aliphatic heterocycles. The maximum atomic E-state index is 12.4. The zero-order valence-electron chi connectivity index (χ0n) is 13.6. The molecule has 0 aromatic carbocycles. The highest BCUT2D eigenvalue weighted by molar-refractivity contribution is 7.13. The van der Waals surface area contributed by atoms with Crippen molar-refractivity contribution in [2.24, 2.45) is 11.3 Å². The van der Waals surface area contributed by atoms with Gasteiger partial charge >= 0.3 is 12.0 Å². The lowest BCUT2D eigenvalue weighted by Crippen LogP contribution is -2.41. The predicted octanol–water partition coefficient (Wildman–Crippen LogP) is 2.80. The third kappa shape index (κ3) is 2.80. The molecule has 2 aromatic heterocycles. The second-order valence-electron chi connectivity index (χ2n) is 6.71. The molecule has 1 aliphatic carbocycles. The Balaban J connectivity index is 1.36.